The molecule has 0 radical (unpaired) electrons. The summed E-state index contributed by atoms with van der Waals surface area (Å²) >= 11 is 0. The lowest BCUT2D eigenvalue weighted by Gasteiger charge is -1.92. The zero-order valence-electron chi connectivity index (χ0n) is 8.12. The summed E-state index contributed by atoms with van der Waals surface area (Å²) in [6.07, 6.45) is 6.52. The molecular weight excluding hydrogens is 162 g/mol. The van der Waals surface area contributed by atoms with Crippen molar-refractivity contribution in [3.8, 4) is 0 Å². The number of nitrogens with zero attached hydrogens (tertiary/aromatic N) is 2. The molecule has 0 saturated carbocycles. The van der Waals surface area contributed by atoms with Crippen molar-refractivity contribution in [3.63, 3.8) is 0 Å². The fraction of sp³-hybridized carbons (Fsp3) is 0.300. The Labute approximate surface area is 77.9 Å². The van der Waals surface area contributed by atoms with Crippen LogP contribution in [0.5, 0.6) is 0 Å². The van der Waals surface area contributed by atoms with Crippen LogP contribution < -0.4 is 16.3 Å². The van der Waals surface area contributed by atoms with E-state index in [4.69, 9.17) is 5.73 Å². The van der Waals surface area contributed by atoms with E-state index in [1.807, 2.05) is 19.2 Å². The number of aromatic nitrogens is 2. The summed E-state index contributed by atoms with van der Waals surface area (Å²) in [6.45, 7) is 5.91. The van der Waals surface area contributed by atoms with Crippen LogP contribution in [-0.2, 0) is 7.05 Å². The second-order valence-corrected chi connectivity index (χ2v) is 2.94. The molecule has 0 spiro atoms. The van der Waals surface area contributed by atoms with Crippen LogP contribution in [0.3, 0.4) is 0 Å². The van der Waals surface area contributed by atoms with Gasteiger partial charge in [0.05, 0.1) is 11.5 Å². The number of allylic oxidation sites excluding steroid dienone is 2. The van der Waals surface area contributed by atoms with Gasteiger partial charge in [0, 0.05) is 18.0 Å². The Hall–Kier alpha value is -1.51. The maximum absolute atomic E-state index is 5.75. The predicted molar refractivity (Wildman–Crippen MR) is 55.0 cm³/mol. The number of rotatable bonds is 2. The molecule has 3 nitrogen and oxygen atoms in total. The molecule has 2 N–H and O–H groups in total. The molecule has 0 unspecified atom stereocenters. The van der Waals surface area contributed by atoms with E-state index in [0.717, 1.165) is 22.7 Å². The molecule has 3 heteroatoms. The van der Waals surface area contributed by atoms with Gasteiger partial charge in [-0.3, -0.25) is 4.68 Å². The van der Waals surface area contributed by atoms with Crippen LogP contribution in [0.1, 0.15) is 13.3 Å². The lowest BCUT2D eigenvalue weighted by Crippen LogP contribution is -2.27. The highest BCUT2D eigenvalue weighted by molar-refractivity contribution is 5.42. The standard InChI is InChI=1S/C10H15N3/c1-4-5-9(11)6-10-8(2)7-12-13(10)3/h5-7H,2,4,11H2,1,3H3/b9-5+,10-6+. The van der Waals surface area contributed by atoms with Crippen LogP contribution in [0.4, 0.5) is 0 Å². The summed E-state index contributed by atoms with van der Waals surface area (Å²) in [5.74, 6) is 0. The molecule has 70 valence electrons. The first-order valence-electron chi connectivity index (χ1n) is 4.29. The smallest absolute Gasteiger partial charge is 0.0693 e. The molecule has 0 aliphatic carbocycles. The molecule has 0 aromatic carbocycles. The fourth-order valence-electron chi connectivity index (χ4n) is 1.13. The van der Waals surface area contributed by atoms with Gasteiger partial charge in [0.15, 0.2) is 0 Å². The third kappa shape index (κ3) is 2.21. The quantitative estimate of drug-likeness (QED) is 0.683. The third-order valence-electron chi connectivity index (χ3n) is 1.81. The van der Waals surface area contributed by atoms with Gasteiger partial charge >= 0.3 is 0 Å². The SMILES string of the molecule is C=c1cnn(C)/c1=C/C(N)=C\CC. The molecule has 1 aromatic heterocycles. The molecule has 0 saturated heterocycles. The molecule has 0 atom stereocenters. The molecule has 0 aliphatic heterocycles. The zero-order chi connectivity index (χ0) is 9.84. The van der Waals surface area contributed by atoms with Gasteiger partial charge in [0.2, 0.25) is 0 Å². The van der Waals surface area contributed by atoms with Gasteiger partial charge in [-0.05, 0) is 12.5 Å². The predicted octanol–water partition coefficient (Wildman–Crippen LogP) is -0.136. The van der Waals surface area contributed by atoms with Gasteiger partial charge in [0.25, 0.3) is 0 Å². The van der Waals surface area contributed by atoms with Gasteiger partial charge in [-0.15, -0.1) is 0 Å². The molecular formula is C10H15N3. The summed E-state index contributed by atoms with van der Waals surface area (Å²) in [4.78, 5) is 0. The van der Waals surface area contributed by atoms with Crippen LogP contribution >= 0.6 is 0 Å². The Kier molecular flexibility index (Phi) is 2.90. The number of aryl methyl sites for hydroxylation is 1. The van der Waals surface area contributed by atoms with Crippen molar-refractivity contribution in [2.24, 2.45) is 12.8 Å². The topological polar surface area (TPSA) is 43.8 Å². The van der Waals surface area contributed by atoms with Crippen LogP contribution in [0.15, 0.2) is 18.0 Å². The van der Waals surface area contributed by atoms with Crippen molar-refractivity contribution in [2.75, 3.05) is 0 Å². The van der Waals surface area contributed by atoms with E-state index in [0.29, 0.717) is 0 Å². The summed E-state index contributed by atoms with van der Waals surface area (Å²) in [7, 11) is 1.87. The van der Waals surface area contributed by atoms with Gasteiger partial charge in [0.1, 0.15) is 0 Å². The normalized spacial score (nSPS) is 13.7. The fourth-order valence-corrected chi connectivity index (χ4v) is 1.13. The average Bonchev–Trinajstić information content (AvgIpc) is 2.36. The minimum absolute atomic E-state index is 0.760. The molecule has 0 fully saturated rings. The van der Waals surface area contributed by atoms with E-state index in [-0.39, 0.29) is 0 Å². The molecule has 0 aliphatic rings. The Morgan fingerprint density at radius 3 is 2.92 bits per heavy atom. The molecule has 0 amide bonds. The van der Waals surface area contributed by atoms with Gasteiger partial charge in [-0.1, -0.05) is 19.6 Å². The van der Waals surface area contributed by atoms with Crippen molar-refractivity contribution < 1.29 is 0 Å². The molecule has 0 bridgehead atoms. The van der Waals surface area contributed by atoms with E-state index in [1.54, 1.807) is 10.9 Å². The summed E-state index contributed by atoms with van der Waals surface area (Å²) in [5, 5.41) is 5.93. The lowest BCUT2D eigenvalue weighted by atomic mass is 10.3. The molecule has 13 heavy (non-hydrogen) atoms. The van der Waals surface area contributed by atoms with Crippen LogP contribution in [-0.4, -0.2) is 9.78 Å². The van der Waals surface area contributed by atoms with E-state index in [2.05, 4.69) is 18.6 Å². The number of hydrogen-bond donors (Lipinski definition) is 1. The van der Waals surface area contributed by atoms with Crippen molar-refractivity contribution in [1.82, 2.24) is 9.78 Å². The number of hydrogen-bond acceptors (Lipinski definition) is 2. The zero-order valence-corrected chi connectivity index (χ0v) is 8.12. The summed E-state index contributed by atoms with van der Waals surface area (Å²) in [5.41, 5.74) is 6.51. The summed E-state index contributed by atoms with van der Waals surface area (Å²) in [6, 6.07) is 0. The summed E-state index contributed by atoms with van der Waals surface area (Å²) < 4.78 is 1.76. The first-order chi connectivity index (χ1) is 6.15. The highest BCUT2D eigenvalue weighted by Crippen LogP contribution is 1.87. The Morgan fingerprint density at radius 1 is 1.77 bits per heavy atom. The van der Waals surface area contributed by atoms with Crippen molar-refractivity contribution in [2.45, 2.75) is 13.3 Å². The average molecular weight is 177 g/mol. The van der Waals surface area contributed by atoms with Crippen molar-refractivity contribution in [3.05, 3.63) is 28.5 Å². The minimum atomic E-state index is 0.760. The van der Waals surface area contributed by atoms with E-state index >= 15 is 0 Å². The Bertz CT molecular complexity index is 412. The van der Waals surface area contributed by atoms with Crippen LogP contribution in [0.2, 0.25) is 0 Å². The largest absolute Gasteiger partial charge is 0.399 e. The van der Waals surface area contributed by atoms with E-state index < -0.39 is 0 Å². The van der Waals surface area contributed by atoms with Gasteiger partial charge in [-0.2, -0.15) is 5.10 Å². The second kappa shape index (κ2) is 3.94. The van der Waals surface area contributed by atoms with Gasteiger partial charge < -0.3 is 5.73 Å². The maximum atomic E-state index is 5.75. The highest BCUT2D eigenvalue weighted by Gasteiger charge is 1.90. The lowest BCUT2D eigenvalue weighted by molar-refractivity contribution is 0.742. The maximum Gasteiger partial charge on any atom is 0.0693 e. The molecule has 1 aromatic rings. The van der Waals surface area contributed by atoms with E-state index in [1.165, 1.54) is 0 Å². The van der Waals surface area contributed by atoms with Crippen LogP contribution in [0, 0.1) is 0 Å². The minimum Gasteiger partial charge on any atom is -0.399 e. The van der Waals surface area contributed by atoms with E-state index in [9.17, 15) is 0 Å². The third-order valence-corrected chi connectivity index (χ3v) is 1.81. The number of nitrogens with two attached hydrogens (primary N) is 1. The Balaban J connectivity index is 3.21. The Morgan fingerprint density at radius 2 is 2.46 bits per heavy atom. The van der Waals surface area contributed by atoms with Gasteiger partial charge in [-0.25, -0.2) is 0 Å². The van der Waals surface area contributed by atoms with Crippen molar-refractivity contribution in [1.29, 1.82) is 0 Å². The van der Waals surface area contributed by atoms with Crippen LogP contribution in [0.25, 0.3) is 12.7 Å². The molecule has 1 heterocycles. The first-order valence-corrected chi connectivity index (χ1v) is 4.29. The van der Waals surface area contributed by atoms with Crippen molar-refractivity contribution >= 4 is 12.7 Å². The second-order valence-electron chi connectivity index (χ2n) is 2.94. The monoisotopic (exact) mass is 177 g/mol. The highest BCUT2D eigenvalue weighted by atomic mass is 15.2. The molecule has 1 rings (SSSR count). The first kappa shape index (κ1) is 9.58.